The maximum Gasteiger partial charge on any atom is 0.417 e. The number of imide groups is 1. The number of carbonyl (C=O) groups excluding carboxylic acids is 2. The van der Waals surface area contributed by atoms with Gasteiger partial charge in [0.05, 0.1) is 18.9 Å². The van der Waals surface area contributed by atoms with Gasteiger partial charge in [-0.3, -0.25) is 8.98 Å². The van der Waals surface area contributed by atoms with Crippen molar-refractivity contribution >= 4 is 22.1 Å². The molecule has 1 heterocycles. The summed E-state index contributed by atoms with van der Waals surface area (Å²) < 4.78 is 31.6. The molecule has 2 atom stereocenters. The Balaban J connectivity index is 2.05. The van der Waals surface area contributed by atoms with Crippen molar-refractivity contribution in [1.82, 2.24) is 4.90 Å². The van der Waals surface area contributed by atoms with Gasteiger partial charge in [-0.2, -0.15) is 8.42 Å². The summed E-state index contributed by atoms with van der Waals surface area (Å²) in [5.41, 5.74) is -0.248. The third kappa shape index (κ3) is 3.82. The molecule has 8 heteroatoms. The molecular formula is C13H19NO6S. The summed E-state index contributed by atoms with van der Waals surface area (Å²) in [7, 11) is -3.55. The lowest BCUT2D eigenvalue weighted by Gasteiger charge is -2.24. The zero-order chi connectivity index (χ0) is 16.0. The van der Waals surface area contributed by atoms with Gasteiger partial charge in [0.15, 0.2) is 0 Å². The Kier molecular flexibility index (Phi) is 3.88. The van der Waals surface area contributed by atoms with Crippen molar-refractivity contribution in [3.05, 3.63) is 11.6 Å². The van der Waals surface area contributed by atoms with Crippen molar-refractivity contribution < 1.29 is 26.9 Å². The Bertz CT molecular complexity index is 601. The zero-order valence-corrected chi connectivity index (χ0v) is 13.3. The minimum atomic E-state index is -3.55. The van der Waals surface area contributed by atoms with Crippen LogP contribution in [-0.4, -0.2) is 49.8 Å². The first-order valence-corrected chi connectivity index (χ1v) is 8.42. The highest BCUT2D eigenvalue weighted by Crippen LogP contribution is 2.49. The molecule has 0 aromatic heterocycles. The summed E-state index contributed by atoms with van der Waals surface area (Å²) in [6.07, 6.45) is 2.40. The van der Waals surface area contributed by atoms with Crippen LogP contribution in [0.15, 0.2) is 11.6 Å². The number of nitrogens with zero attached hydrogens (tertiary/aromatic N) is 1. The van der Waals surface area contributed by atoms with E-state index in [0.29, 0.717) is 12.0 Å². The van der Waals surface area contributed by atoms with E-state index in [0.717, 1.165) is 11.2 Å². The first kappa shape index (κ1) is 16.0. The molecular weight excluding hydrogens is 298 g/mol. The minimum absolute atomic E-state index is 0.0341. The number of carbonyl (C=O) groups is 2. The molecule has 2 rings (SSSR count). The van der Waals surface area contributed by atoms with Gasteiger partial charge in [0.25, 0.3) is 16.0 Å². The van der Waals surface area contributed by atoms with Gasteiger partial charge in [-0.15, -0.1) is 0 Å². The maximum atomic E-state index is 12.2. The van der Waals surface area contributed by atoms with Crippen LogP contribution in [0.4, 0.5) is 4.79 Å². The number of fused-ring (bicyclic) bond motifs is 1. The third-order valence-electron chi connectivity index (χ3n) is 3.13. The molecule has 1 aliphatic heterocycles. The van der Waals surface area contributed by atoms with Crippen molar-refractivity contribution in [2.75, 3.05) is 12.9 Å². The van der Waals surface area contributed by atoms with E-state index in [-0.39, 0.29) is 18.6 Å². The largest absolute Gasteiger partial charge is 0.443 e. The molecule has 0 N–H and O–H groups in total. The Morgan fingerprint density at radius 1 is 1.43 bits per heavy atom. The summed E-state index contributed by atoms with van der Waals surface area (Å²) in [4.78, 5) is 25.3. The lowest BCUT2D eigenvalue weighted by molar-refractivity contribution is -0.125. The number of piperidine rings is 1. The Hall–Kier alpha value is -1.41. The van der Waals surface area contributed by atoms with E-state index in [1.54, 1.807) is 20.8 Å². The molecule has 0 aromatic carbocycles. The fraction of sp³-hybridized carbons (Fsp3) is 0.692. The molecule has 1 saturated heterocycles. The summed E-state index contributed by atoms with van der Waals surface area (Å²) in [5.74, 6) is -0.462. The van der Waals surface area contributed by atoms with Crippen molar-refractivity contribution in [3.8, 4) is 0 Å². The van der Waals surface area contributed by atoms with Crippen LogP contribution in [0.1, 0.15) is 27.2 Å². The second-order valence-corrected chi connectivity index (χ2v) is 7.86. The minimum Gasteiger partial charge on any atom is -0.443 e. The van der Waals surface area contributed by atoms with Crippen molar-refractivity contribution in [3.63, 3.8) is 0 Å². The molecule has 1 saturated carbocycles. The lowest BCUT2D eigenvalue weighted by Crippen LogP contribution is -2.40. The molecule has 2 aliphatic rings. The van der Waals surface area contributed by atoms with Gasteiger partial charge in [0, 0.05) is 11.5 Å². The summed E-state index contributed by atoms with van der Waals surface area (Å²) in [6.45, 7) is 4.98. The van der Waals surface area contributed by atoms with Gasteiger partial charge in [0.1, 0.15) is 5.60 Å². The monoisotopic (exact) mass is 317 g/mol. The van der Waals surface area contributed by atoms with Crippen molar-refractivity contribution in [2.24, 2.45) is 5.92 Å². The Morgan fingerprint density at radius 2 is 2.05 bits per heavy atom. The van der Waals surface area contributed by atoms with Gasteiger partial charge in [0.2, 0.25) is 0 Å². The van der Waals surface area contributed by atoms with E-state index >= 15 is 0 Å². The third-order valence-corrected chi connectivity index (χ3v) is 3.69. The molecule has 2 unspecified atom stereocenters. The highest BCUT2D eigenvalue weighted by atomic mass is 32.2. The van der Waals surface area contributed by atoms with Gasteiger partial charge in [-0.05, 0) is 33.3 Å². The predicted molar refractivity (Wildman–Crippen MR) is 73.9 cm³/mol. The molecule has 21 heavy (non-hydrogen) atoms. The van der Waals surface area contributed by atoms with Crippen LogP contribution >= 0.6 is 0 Å². The molecule has 2 fully saturated rings. The number of rotatable bonds is 3. The molecule has 1 aliphatic carbocycles. The highest BCUT2D eigenvalue weighted by molar-refractivity contribution is 7.85. The van der Waals surface area contributed by atoms with Crippen LogP contribution in [0.5, 0.6) is 0 Å². The van der Waals surface area contributed by atoms with Crippen LogP contribution in [-0.2, 0) is 23.8 Å². The number of hydrogen-bond donors (Lipinski definition) is 0. The van der Waals surface area contributed by atoms with E-state index in [2.05, 4.69) is 4.18 Å². The van der Waals surface area contributed by atoms with Crippen molar-refractivity contribution in [1.29, 1.82) is 0 Å². The van der Waals surface area contributed by atoms with E-state index < -0.39 is 27.7 Å². The topological polar surface area (TPSA) is 90.0 Å². The van der Waals surface area contributed by atoms with Gasteiger partial charge < -0.3 is 4.74 Å². The number of likely N-dealkylation sites (tertiary alicyclic amines) is 1. The van der Waals surface area contributed by atoms with Crippen molar-refractivity contribution in [2.45, 2.75) is 38.8 Å². The predicted octanol–water partition coefficient (Wildman–Crippen LogP) is 1.05. The summed E-state index contributed by atoms with van der Waals surface area (Å²) in [6, 6.07) is -0.170. The first-order chi connectivity index (χ1) is 9.49. The van der Waals surface area contributed by atoms with E-state index in [1.807, 2.05) is 0 Å². The summed E-state index contributed by atoms with van der Waals surface area (Å²) in [5, 5.41) is 0. The molecule has 0 aromatic rings. The molecule has 2 amide bonds. The second kappa shape index (κ2) is 5.10. The Labute approximate surface area is 124 Å². The number of ether oxygens (including phenoxy) is 1. The molecule has 0 spiro atoms. The fourth-order valence-electron chi connectivity index (χ4n) is 2.26. The Morgan fingerprint density at radius 3 is 2.57 bits per heavy atom. The van der Waals surface area contributed by atoms with Crippen LogP contribution < -0.4 is 0 Å². The molecule has 7 nitrogen and oxygen atoms in total. The van der Waals surface area contributed by atoms with Gasteiger partial charge in [-0.25, -0.2) is 9.69 Å². The van der Waals surface area contributed by atoms with E-state index in [9.17, 15) is 18.0 Å². The van der Waals surface area contributed by atoms with Crippen LogP contribution in [0.2, 0.25) is 0 Å². The smallest absolute Gasteiger partial charge is 0.417 e. The second-order valence-electron chi connectivity index (χ2n) is 6.21. The summed E-state index contributed by atoms with van der Waals surface area (Å²) >= 11 is 0. The van der Waals surface area contributed by atoms with Crippen LogP contribution in [0, 0.1) is 5.92 Å². The molecule has 0 bridgehead atoms. The normalized spacial score (nSPS) is 27.0. The van der Waals surface area contributed by atoms with Crippen LogP contribution in [0.3, 0.4) is 0 Å². The SMILES string of the molecule is CC(C)(C)OC(=O)N1C(=O)/C(=C/COS(C)(=O)=O)C2CC21. The van der Waals surface area contributed by atoms with Crippen LogP contribution in [0.25, 0.3) is 0 Å². The highest BCUT2D eigenvalue weighted by Gasteiger charge is 2.58. The lowest BCUT2D eigenvalue weighted by atomic mass is 10.2. The zero-order valence-electron chi connectivity index (χ0n) is 12.5. The molecule has 0 radical (unpaired) electrons. The average Bonchev–Trinajstić information content (AvgIpc) is 2.95. The van der Waals surface area contributed by atoms with Gasteiger partial charge in [-0.1, -0.05) is 0 Å². The fourth-order valence-corrected chi connectivity index (χ4v) is 2.58. The maximum absolute atomic E-state index is 12.2. The van der Waals surface area contributed by atoms with Gasteiger partial charge >= 0.3 is 6.09 Å². The van der Waals surface area contributed by atoms with E-state index in [1.165, 1.54) is 6.08 Å². The average molecular weight is 317 g/mol. The first-order valence-electron chi connectivity index (χ1n) is 6.60. The number of amides is 2. The molecule has 118 valence electrons. The number of hydrogen-bond acceptors (Lipinski definition) is 6. The van der Waals surface area contributed by atoms with E-state index in [4.69, 9.17) is 4.74 Å². The standard InChI is InChI=1S/C13H19NO6S/c1-13(2,3)20-12(16)14-10-7-9(10)8(11(14)15)5-6-19-21(4,17)18/h5,9-10H,6-7H2,1-4H3/b8-5+. The quantitative estimate of drug-likeness (QED) is 0.571.